The fourth-order valence-corrected chi connectivity index (χ4v) is 4.56. The summed E-state index contributed by atoms with van der Waals surface area (Å²) in [7, 11) is -3.20. The molecule has 0 aliphatic heterocycles. The molecule has 1 aromatic heterocycles. The molecule has 7 nitrogen and oxygen atoms in total. The summed E-state index contributed by atoms with van der Waals surface area (Å²) in [5.41, 5.74) is 2.34. The van der Waals surface area contributed by atoms with Crippen molar-refractivity contribution in [3.05, 3.63) is 28.7 Å². The van der Waals surface area contributed by atoms with Crippen molar-refractivity contribution < 1.29 is 12.8 Å². The fraction of sp³-hybridized carbons (Fsp3) is 0.632. The van der Waals surface area contributed by atoms with Crippen LogP contribution in [-0.4, -0.2) is 30.8 Å². The van der Waals surface area contributed by atoms with E-state index in [0.29, 0.717) is 18.0 Å². The smallest absolute Gasteiger partial charge is 0.408 e. The SMILES string of the molecule is CCn1c(=O)oc2cc(NCC3CCC(NS(=O)(=O)C(C)C)CC3)ccc21. The summed E-state index contributed by atoms with van der Waals surface area (Å²) >= 11 is 0. The Balaban J connectivity index is 1.53. The van der Waals surface area contributed by atoms with Gasteiger partial charge in [0.2, 0.25) is 10.0 Å². The predicted octanol–water partition coefficient (Wildman–Crippen LogP) is 2.91. The lowest BCUT2D eigenvalue weighted by Crippen LogP contribution is -2.41. The third kappa shape index (κ3) is 4.55. The topological polar surface area (TPSA) is 93.3 Å². The van der Waals surface area contributed by atoms with Crippen LogP contribution in [0.1, 0.15) is 46.5 Å². The van der Waals surface area contributed by atoms with Gasteiger partial charge in [-0.25, -0.2) is 17.9 Å². The van der Waals surface area contributed by atoms with Crippen molar-refractivity contribution in [2.24, 2.45) is 5.92 Å². The number of nitrogens with zero attached hydrogens (tertiary/aromatic N) is 1. The lowest BCUT2D eigenvalue weighted by molar-refractivity contribution is 0.323. The molecule has 1 aliphatic carbocycles. The van der Waals surface area contributed by atoms with E-state index >= 15 is 0 Å². The Hall–Kier alpha value is -1.80. The first-order valence-electron chi connectivity index (χ1n) is 9.68. The van der Waals surface area contributed by atoms with Crippen LogP contribution in [-0.2, 0) is 16.6 Å². The summed E-state index contributed by atoms with van der Waals surface area (Å²) in [6.07, 6.45) is 3.71. The van der Waals surface area contributed by atoms with E-state index in [9.17, 15) is 13.2 Å². The zero-order valence-electron chi connectivity index (χ0n) is 16.2. The Morgan fingerprint density at radius 2 is 1.93 bits per heavy atom. The van der Waals surface area contributed by atoms with Crippen molar-refractivity contribution in [2.75, 3.05) is 11.9 Å². The molecular formula is C19H29N3O4S. The number of anilines is 1. The van der Waals surface area contributed by atoms with Gasteiger partial charge in [0, 0.05) is 30.9 Å². The molecule has 1 heterocycles. The summed E-state index contributed by atoms with van der Waals surface area (Å²) in [5, 5.41) is 3.03. The highest BCUT2D eigenvalue weighted by Gasteiger charge is 2.26. The number of hydrogen-bond acceptors (Lipinski definition) is 5. The third-order valence-electron chi connectivity index (χ3n) is 5.38. The Kier molecular flexibility index (Phi) is 5.95. The van der Waals surface area contributed by atoms with Crippen LogP contribution in [0.15, 0.2) is 27.4 Å². The zero-order chi connectivity index (χ0) is 19.6. The first kappa shape index (κ1) is 19.9. The maximum Gasteiger partial charge on any atom is 0.419 e. The molecule has 27 heavy (non-hydrogen) atoms. The molecule has 0 amide bonds. The number of nitrogens with one attached hydrogen (secondary N) is 2. The van der Waals surface area contributed by atoms with Crippen LogP contribution in [0.5, 0.6) is 0 Å². The fourth-order valence-electron chi connectivity index (χ4n) is 3.59. The molecule has 2 N–H and O–H groups in total. The van der Waals surface area contributed by atoms with E-state index < -0.39 is 15.3 Å². The van der Waals surface area contributed by atoms with Crippen LogP contribution in [0.4, 0.5) is 5.69 Å². The summed E-state index contributed by atoms with van der Waals surface area (Å²) in [6.45, 7) is 6.73. The molecule has 0 bridgehead atoms. The van der Waals surface area contributed by atoms with Crippen LogP contribution in [0, 0.1) is 5.92 Å². The Labute approximate surface area is 160 Å². The van der Waals surface area contributed by atoms with Gasteiger partial charge in [0.1, 0.15) is 0 Å². The van der Waals surface area contributed by atoms with Crippen molar-refractivity contribution in [1.29, 1.82) is 0 Å². The summed E-state index contributed by atoms with van der Waals surface area (Å²) in [6, 6.07) is 5.79. The normalized spacial score (nSPS) is 21.0. The first-order chi connectivity index (χ1) is 12.8. The number of rotatable bonds is 7. The van der Waals surface area contributed by atoms with E-state index in [2.05, 4.69) is 10.0 Å². The molecule has 1 aromatic carbocycles. The molecule has 8 heteroatoms. The second-order valence-electron chi connectivity index (χ2n) is 7.60. The standard InChI is InChI=1S/C19H29N3O4S/c1-4-22-17-10-9-16(11-18(17)26-19(22)23)20-12-14-5-7-15(8-6-14)21-27(24,25)13(2)3/h9-11,13-15,20-21H,4-8,12H2,1-3H3. The van der Waals surface area contributed by atoms with Crippen LogP contribution in [0.2, 0.25) is 0 Å². The summed E-state index contributed by atoms with van der Waals surface area (Å²) < 4.78 is 33.7. The van der Waals surface area contributed by atoms with E-state index in [1.54, 1.807) is 18.4 Å². The van der Waals surface area contributed by atoms with Gasteiger partial charge >= 0.3 is 5.76 Å². The van der Waals surface area contributed by atoms with Crippen LogP contribution < -0.4 is 15.8 Å². The van der Waals surface area contributed by atoms with Gasteiger partial charge in [0.15, 0.2) is 5.58 Å². The minimum Gasteiger partial charge on any atom is -0.408 e. The minimum atomic E-state index is -3.20. The van der Waals surface area contributed by atoms with E-state index in [0.717, 1.165) is 43.4 Å². The molecule has 0 saturated heterocycles. The monoisotopic (exact) mass is 395 g/mol. The molecule has 0 radical (unpaired) electrons. The first-order valence-corrected chi connectivity index (χ1v) is 11.2. The predicted molar refractivity (Wildman–Crippen MR) is 108 cm³/mol. The largest absolute Gasteiger partial charge is 0.419 e. The lowest BCUT2D eigenvalue weighted by Gasteiger charge is -2.29. The van der Waals surface area contributed by atoms with Crippen LogP contribution >= 0.6 is 0 Å². The summed E-state index contributed by atoms with van der Waals surface area (Å²) in [4.78, 5) is 11.8. The van der Waals surface area contributed by atoms with Crippen LogP contribution in [0.25, 0.3) is 11.1 Å². The average molecular weight is 396 g/mol. The van der Waals surface area contributed by atoms with E-state index in [4.69, 9.17) is 4.42 Å². The molecule has 1 saturated carbocycles. The molecule has 0 unspecified atom stereocenters. The van der Waals surface area contributed by atoms with Gasteiger partial charge in [-0.2, -0.15) is 0 Å². The molecule has 0 spiro atoms. The number of oxazole rings is 1. The van der Waals surface area contributed by atoms with Crippen molar-refractivity contribution in [1.82, 2.24) is 9.29 Å². The minimum absolute atomic E-state index is 0.0492. The van der Waals surface area contributed by atoms with E-state index in [1.807, 2.05) is 25.1 Å². The molecule has 2 aromatic rings. The van der Waals surface area contributed by atoms with Gasteiger partial charge in [-0.05, 0) is 64.5 Å². The van der Waals surface area contributed by atoms with Crippen molar-refractivity contribution in [3.63, 3.8) is 0 Å². The average Bonchev–Trinajstić information content (AvgIpc) is 2.94. The second kappa shape index (κ2) is 8.06. The Morgan fingerprint density at radius 1 is 1.22 bits per heavy atom. The van der Waals surface area contributed by atoms with Gasteiger partial charge in [-0.15, -0.1) is 0 Å². The molecule has 150 valence electrons. The highest BCUT2D eigenvalue weighted by atomic mass is 32.2. The molecule has 3 rings (SSSR count). The van der Waals surface area contributed by atoms with Crippen molar-refractivity contribution >= 4 is 26.8 Å². The molecule has 0 atom stereocenters. The molecule has 1 aliphatic rings. The van der Waals surface area contributed by atoms with Gasteiger partial charge in [-0.3, -0.25) is 4.57 Å². The number of fused-ring (bicyclic) bond motifs is 1. The van der Waals surface area contributed by atoms with Gasteiger partial charge in [0.05, 0.1) is 10.8 Å². The maximum absolute atomic E-state index is 12.0. The van der Waals surface area contributed by atoms with Crippen molar-refractivity contribution in [3.8, 4) is 0 Å². The quantitative estimate of drug-likeness (QED) is 0.752. The van der Waals surface area contributed by atoms with Gasteiger partial charge in [0.25, 0.3) is 0 Å². The van der Waals surface area contributed by atoms with Gasteiger partial charge in [-0.1, -0.05) is 0 Å². The third-order valence-corrected chi connectivity index (χ3v) is 7.28. The second-order valence-corrected chi connectivity index (χ2v) is 9.87. The summed E-state index contributed by atoms with van der Waals surface area (Å²) in [5.74, 6) is 0.180. The van der Waals surface area contributed by atoms with E-state index in [1.165, 1.54) is 0 Å². The number of aryl methyl sites for hydroxylation is 1. The highest BCUT2D eigenvalue weighted by molar-refractivity contribution is 7.90. The molecular weight excluding hydrogens is 366 g/mol. The lowest BCUT2D eigenvalue weighted by atomic mass is 9.86. The molecule has 1 fully saturated rings. The van der Waals surface area contributed by atoms with Crippen LogP contribution in [0.3, 0.4) is 0 Å². The zero-order valence-corrected chi connectivity index (χ0v) is 17.0. The number of aromatic nitrogens is 1. The van der Waals surface area contributed by atoms with Crippen molar-refractivity contribution in [2.45, 2.75) is 64.3 Å². The Morgan fingerprint density at radius 3 is 2.56 bits per heavy atom. The number of hydrogen-bond donors (Lipinski definition) is 2. The number of benzene rings is 1. The maximum atomic E-state index is 12.0. The Bertz CT molecular complexity index is 938. The van der Waals surface area contributed by atoms with Gasteiger partial charge < -0.3 is 9.73 Å². The van der Waals surface area contributed by atoms with E-state index in [-0.39, 0.29) is 11.8 Å². The highest BCUT2D eigenvalue weighted by Crippen LogP contribution is 2.26. The number of sulfonamides is 1.